The minimum Gasteiger partial charge on any atom is -0.548 e. The summed E-state index contributed by atoms with van der Waals surface area (Å²) in [6.07, 6.45) is 0. The van der Waals surface area contributed by atoms with Crippen molar-refractivity contribution in [1.29, 1.82) is 0 Å². The zero-order valence-corrected chi connectivity index (χ0v) is 7.92. The van der Waals surface area contributed by atoms with Gasteiger partial charge >= 0.3 is 0 Å². The monoisotopic (exact) mass is 229 g/mol. The Morgan fingerprint density at radius 1 is 1.31 bits per heavy atom. The third kappa shape index (κ3) is 2.66. The van der Waals surface area contributed by atoms with Gasteiger partial charge in [0.1, 0.15) is 0 Å². The van der Waals surface area contributed by atoms with Crippen LogP contribution >= 0.6 is 0 Å². The van der Waals surface area contributed by atoms with Crippen LogP contribution in [0.4, 0.5) is 14.5 Å². The van der Waals surface area contributed by atoms with Gasteiger partial charge in [0.15, 0.2) is 11.6 Å². The fraction of sp³-hybridized carbons (Fsp3) is 0.111. The van der Waals surface area contributed by atoms with Crippen molar-refractivity contribution in [3.05, 3.63) is 29.3 Å². The molecule has 16 heavy (non-hydrogen) atoms. The van der Waals surface area contributed by atoms with E-state index >= 15 is 0 Å². The molecular weight excluding hydrogens is 222 g/mol. The Morgan fingerprint density at radius 2 is 1.88 bits per heavy atom. The molecule has 5 nitrogen and oxygen atoms in total. The molecule has 0 saturated carbocycles. The summed E-state index contributed by atoms with van der Waals surface area (Å²) < 4.78 is 25.4. The Labute approximate surface area is 88.9 Å². The molecule has 86 valence electrons. The van der Waals surface area contributed by atoms with Gasteiger partial charge in [0, 0.05) is 11.8 Å². The number of nitrogen functional groups attached to an aromatic ring is 1. The second-order valence-electron chi connectivity index (χ2n) is 2.91. The maximum Gasteiger partial charge on any atom is 0.253 e. The summed E-state index contributed by atoms with van der Waals surface area (Å²) in [6, 6.07) is 1.23. The average Bonchev–Trinajstić information content (AvgIpc) is 2.20. The molecule has 0 saturated heterocycles. The van der Waals surface area contributed by atoms with E-state index in [4.69, 9.17) is 5.73 Å². The van der Waals surface area contributed by atoms with Crippen LogP contribution in [0.2, 0.25) is 0 Å². The van der Waals surface area contributed by atoms with Crippen molar-refractivity contribution in [1.82, 2.24) is 5.32 Å². The van der Waals surface area contributed by atoms with Crippen molar-refractivity contribution in [2.75, 3.05) is 12.3 Å². The predicted molar refractivity (Wildman–Crippen MR) is 48.1 cm³/mol. The Morgan fingerprint density at radius 3 is 2.44 bits per heavy atom. The molecule has 1 aromatic rings. The maximum absolute atomic E-state index is 12.8. The quantitative estimate of drug-likeness (QED) is 0.651. The highest BCUT2D eigenvalue weighted by Gasteiger charge is 2.13. The third-order valence-electron chi connectivity index (χ3n) is 1.73. The number of hydrogen-bond acceptors (Lipinski definition) is 4. The zero-order valence-electron chi connectivity index (χ0n) is 7.92. The molecular formula is C9H7F2N2O3-. The number of carbonyl (C=O) groups is 2. The summed E-state index contributed by atoms with van der Waals surface area (Å²) in [5, 5.41) is 12.0. The van der Waals surface area contributed by atoms with Crippen molar-refractivity contribution in [2.24, 2.45) is 0 Å². The first-order valence-electron chi connectivity index (χ1n) is 4.14. The number of benzene rings is 1. The largest absolute Gasteiger partial charge is 0.548 e. The Hall–Kier alpha value is -2.18. The molecule has 7 heteroatoms. The van der Waals surface area contributed by atoms with Gasteiger partial charge in [0.2, 0.25) is 0 Å². The summed E-state index contributed by atoms with van der Waals surface area (Å²) >= 11 is 0. The molecule has 0 bridgehead atoms. The highest BCUT2D eigenvalue weighted by Crippen LogP contribution is 2.16. The summed E-state index contributed by atoms with van der Waals surface area (Å²) in [5.41, 5.74) is 4.65. The fourth-order valence-electron chi connectivity index (χ4n) is 1.01. The van der Waals surface area contributed by atoms with Crippen LogP contribution in [0.1, 0.15) is 10.4 Å². The third-order valence-corrected chi connectivity index (χ3v) is 1.73. The van der Waals surface area contributed by atoms with Crippen LogP contribution in [-0.2, 0) is 4.79 Å². The second-order valence-corrected chi connectivity index (χ2v) is 2.91. The van der Waals surface area contributed by atoms with E-state index in [1.807, 2.05) is 5.32 Å². The van der Waals surface area contributed by atoms with E-state index in [-0.39, 0.29) is 11.3 Å². The molecule has 0 atom stereocenters. The van der Waals surface area contributed by atoms with Gasteiger partial charge in [-0.15, -0.1) is 0 Å². The molecule has 1 aromatic carbocycles. The van der Waals surface area contributed by atoms with Crippen molar-refractivity contribution in [3.8, 4) is 0 Å². The van der Waals surface area contributed by atoms with E-state index in [1.165, 1.54) is 0 Å². The van der Waals surface area contributed by atoms with Crippen LogP contribution in [0, 0.1) is 11.6 Å². The van der Waals surface area contributed by atoms with E-state index in [2.05, 4.69) is 0 Å². The Bertz CT molecular complexity index is 449. The lowest BCUT2D eigenvalue weighted by Gasteiger charge is -2.08. The standard InChI is InChI=1S/C9H8F2N2O3/c10-5-1-4(7(12)2-6(5)11)9(16)13-3-8(14)15/h1-2H,3,12H2,(H,13,16)(H,14,15)/p-1. The van der Waals surface area contributed by atoms with Gasteiger partial charge in [-0.05, 0) is 6.07 Å². The minimum atomic E-state index is -1.51. The van der Waals surface area contributed by atoms with Crippen LogP contribution in [0.25, 0.3) is 0 Å². The van der Waals surface area contributed by atoms with Gasteiger partial charge < -0.3 is 21.0 Å². The van der Waals surface area contributed by atoms with Crippen LogP contribution in [-0.4, -0.2) is 18.4 Å². The number of hydrogen-bond donors (Lipinski definition) is 2. The number of rotatable bonds is 3. The Balaban J connectivity index is 2.91. The summed E-state index contributed by atoms with van der Waals surface area (Å²) in [5.74, 6) is -4.85. The van der Waals surface area contributed by atoms with Gasteiger partial charge in [-0.25, -0.2) is 8.78 Å². The molecule has 0 aliphatic carbocycles. The van der Waals surface area contributed by atoms with Crippen LogP contribution in [0.3, 0.4) is 0 Å². The molecule has 0 aliphatic heterocycles. The number of aliphatic carboxylic acids is 1. The lowest BCUT2D eigenvalue weighted by molar-refractivity contribution is -0.303. The number of anilines is 1. The molecule has 3 N–H and O–H groups in total. The summed E-state index contributed by atoms with van der Waals surface area (Å²) in [7, 11) is 0. The molecule has 1 amide bonds. The second kappa shape index (κ2) is 4.56. The van der Waals surface area contributed by atoms with Gasteiger partial charge in [0.25, 0.3) is 5.91 Å². The van der Waals surface area contributed by atoms with E-state index < -0.39 is 30.1 Å². The number of carboxylic acids is 1. The molecule has 0 fully saturated rings. The van der Waals surface area contributed by atoms with E-state index in [1.54, 1.807) is 0 Å². The SMILES string of the molecule is Nc1cc(F)c(F)cc1C(=O)NCC(=O)[O-]. The zero-order chi connectivity index (χ0) is 12.3. The summed E-state index contributed by atoms with van der Waals surface area (Å²) in [4.78, 5) is 21.3. The number of carboxylic acid groups (broad SMARTS) is 1. The highest BCUT2D eigenvalue weighted by atomic mass is 19.2. The lowest BCUT2D eigenvalue weighted by Crippen LogP contribution is -2.37. The molecule has 1 rings (SSSR count). The van der Waals surface area contributed by atoms with Crippen molar-refractivity contribution >= 4 is 17.6 Å². The van der Waals surface area contributed by atoms with Crippen LogP contribution in [0.15, 0.2) is 12.1 Å². The normalized spacial score (nSPS) is 9.88. The number of amides is 1. The first kappa shape index (κ1) is 11.9. The predicted octanol–water partition coefficient (Wildman–Crippen LogP) is -0.973. The molecule has 0 spiro atoms. The van der Waals surface area contributed by atoms with E-state index in [0.717, 1.165) is 0 Å². The minimum absolute atomic E-state index is 0.283. The molecule has 0 unspecified atom stereocenters. The number of nitrogens with one attached hydrogen (secondary N) is 1. The smallest absolute Gasteiger partial charge is 0.253 e. The first-order valence-corrected chi connectivity index (χ1v) is 4.14. The molecule has 0 aromatic heterocycles. The van der Waals surface area contributed by atoms with E-state index in [9.17, 15) is 23.5 Å². The van der Waals surface area contributed by atoms with Gasteiger partial charge in [-0.3, -0.25) is 4.79 Å². The van der Waals surface area contributed by atoms with Crippen LogP contribution in [0.5, 0.6) is 0 Å². The van der Waals surface area contributed by atoms with Crippen molar-refractivity contribution in [3.63, 3.8) is 0 Å². The number of nitrogens with two attached hydrogens (primary N) is 1. The highest BCUT2D eigenvalue weighted by molar-refractivity contribution is 6.00. The maximum atomic E-state index is 12.8. The lowest BCUT2D eigenvalue weighted by atomic mass is 10.1. The summed E-state index contributed by atoms with van der Waals surface area (Å²) in [6.45, 7) is -0.739. The van der Waals surface area contributed by atoms with E-state index in [0.29, 0.717) is 12.1 Å². The molecule has 0 radical (unpaired) electrons. The van der Waals surface area contributed by atoms with Gasteiger partial charge in [-0.1, -0.05) is 0 Å². The average molecular weight is 229 g/mol. The topological polar surface area (TPSA) is 95.2 Å². The van der Waals surface area contributed by atoms with Crippen LogP contribution < -0.4 is 16.2 Å². The van der Waals surface area contributed by atoms with Gasteiger partial charge in [0.05, 0.1) is 18.1 Å². The number of carbonyl (C=O) groups excluding carboxylic acids is 2. The van der Waals surface area contributed by atoms with Crippen molar-refractivity contribution in [2.45, 2.75) is 0 Å². The fourth-order valence-corrected chi connectivity index (χ4v) is 1.01. The molecule has 0 heterocycles. The van der Waals surface area contributed by atoms with Gasteiger partial charge in [-0.2, -0.15) is 0 Å². The molecule has 0 aliphatic rings. The number of halogens is 2. The Kier molecular flexibility index (Phi) is 3.39. The first-order chi connectivity index (χ1) is 7.41. The van der Waals surface area contributed by atoms with Crippen molar-refractivity contribution < 1.29 is 23.5 Å².